The van der Waals surface area contributed by atoms with Crippen LogP contribution in [0.3, 0.4) is 0 Å². The molecule has 0 bridgehead atoms. The van der Waals surface area contributed by atoms with E-state index < -0.39 is 0 Å². The zero-order valence-corrected chi connectivity index (χ0v) is 14.3. The number of carbonyl (C=O) groups excluding carboxylic acids is 1. The Balaban J connectivity index is 2.30. The van der Waals surface area contributed by atoms with Crippen molar-refractivity contribution in [1.82, 2.24) is 0 Å². The average molecular weight is 398 g/mol. The summed E-state index contributed by atoms with van der Waals surface area (Å²) in [6, 6.07) is 9.10. The Morgan fingerprint density at radius 2 is 1.70 bits per heavy atom. The van der Waals surface area contributed by atoms with E-state index in [1.807, 2.05) is 26.0 Å². The Morgan fingerprint density at radius 1 is 1.10 bits per heavy atom. The summed E-state index contributed by atoms with van der Waals surface area (Å²) < 4.78 is 1.78. The Bertz CT molecular complexity index is 661. The molecule has 0 radical (unpaired) electrons. The fourth-order valence-electron chi connectivity index (χ4n) is 1.98. The van der Waals surface area contributed by atoms with E-state index >= 15 is 0 Å². The predicted molar refractivity (Wildman–Crippen MR) is 90.1 cm³/mol. The van der Waals surface area contributed by atoms with E-state index in [0.29, 0.717) is 11.3 Å². The van der Waals surface area contributed by atoms with Crippen molar-refractivity contribution in [3.63, 3.8) is 0 Å². The van der Waals surface area contributed by atoms with Gasteiger partial charge in [0.25, 0.3) is 5.91 Å². The van der Waals surface area contributed by atoms with Crippen LogP contribution >= 0.6 is 31.9 Å². The number of carbonyl (C=O) groups is 1. The van der Waals surface area contributed by atoms with Crippen molar-refractivity contribution in [2.45, 2.75) is 13.8 Å². The van der Waals surface area contributed by atoms with Gasteiger partial charge in [-0.1, -0.05) is 15.9 Å². The maximum atomic E-state index is 12.3. The van der Waals surface area contributed by atoms with E-state index in [2.05, 4.69) is 37.2 Å². The molecule has 0 saturated heterocycles. The molecule has 3 N–H and O–H groups in total. The lowest BCUT2D eigenvalue weighted by atomic mass is 10.1. The second-order valence-corrected chi connectivity index (χ2v) is 6.38. The number of aryl methyl sites for hydroxylation is 2. The Labute approximate surface area is 134 Å². The summed E-state index contributed by atoms with van der Waals surface area (Å²) in [4.78, 5) is 12.3. The fraction of sp³-hybridized carbons (Fsp3) is 0.133. The molecular weight excluding hydrogens is 384 g/mol. The lowest BCUT2D eigenvalue weighted by molar-refractivity contribution is 0.102. The summed E-state index contributed by atoms with van der Waals surface area (Å²) in [5.41, 5.74) is 9.73. The second-order valence-electron chi connectivity index (χ2n) is 4.61. The van der Waals surface area contributed by atoms with Crippen molar-refractivity contribution in [1.29, 1.82) is 0 Å². The summed E-state index contributed by atoms with van der Waals surface area (Å²) in [5.74, 6) is -0.169. The number of nitrogens with one attached hydrogen (secondary N) is 1. The third-order valence-corrected chi connectivity index (χ3v) is 4.17. The number of halogens is 2. The lowest BCUT2D eigenvalue weighted by Gasteiger charge is -2.13. The molecule has 1 amide bonds. The van der Waals surface area contributed by atoms with Crippen LogP contribution in [0.2, 0.25) is 0 Å². The van der Waals surface area contributed by atoms with E-state index in [0.717, 1.165) is 25.8 Å². The van der Waals surface area contributed by atoms with Crippen LogP contribution in [0.4, 0.5) is 11.4 Å². The van der Waals surface area contributed by atoms with Crippen molar-refractivity contribution >= 4 is 49.1 Å². The molecule has 0 aliphatic heterocycles. The molecule has 0 atom stereocenters. The van der Waals surface area contributed by atoms with Gasteiger partial charge in [0.2, 0.25) is 0 Å². The second kappa shape index (κ2) is 5.97. The van der Waals surface area contributed by atoms with Gasteiger partial charge in [0.15, 0.2) is 0 Å². The van der Waals surface area contributed by atoms with Crippen LogP contribution in [0.25, 0.3) is 0 Å². The van der Waals surface area contributed by atoms with Crippen LogP contribution in [0.1, 0.15) is 21.5 Å². The van der Waals surface area contributed by atoms with Crippen molar-refractivity contribution in [3.05, 3.63) is 56.0 Å². The molecule has 5 heteroatoms. The van der Waals surface area contributed by atoms with E-state index in [-0.39, 0.29) is 5.91 Å². The number of hydrogen-bond donors (Lipinski definition) is 2. The lowest BCUT2D eigenvalue weighted by Crippen LogP contribution is -2.14. The van der Waals surface area contributed by atoms with Gasteiger partial charge in [0.05, 0.1) is 0 Å². The van der Waals surface area contributed by atoms with Crippen molar-refractivity contribution < 1.29 is 4.79 Å². The van der Waals surface area contributed by atoms with Crippen LogP contribution in [0, 0.1) is 13.8 Å². The number of rotatable bonds is 2. The zero-order chi connectivity index (χ0) is 14.9. The number of hydrogen-bond acceptors (Lipinski definition) is 2. The van der Waals surface area contributed by atoms with Crippen LogP contribution in [-0.2, 0) is 0 Å². The molecule has 0 aliphatic rings. The number of nitrogen functional groups attached to an aromatic ring is 1. The van der Waals surface area contributed by atoms with Crippen molar-refractivity contribution in [2.24, 2.45) is 0 Å². The maximum absolute atomic E-state index is 12.3. The van der Waals surface area contributed by atoms with Gasteiger partial charge in [-0.15, -0.1) is 0 Å². The molecular formula is C15H14Br2N2O. The van der Waals surface area contributed by atoms with E-state index in [1.165, 1.54) is 0 Å². The summed E-state index contributed by atoms with van der Waals surface area (Å²) in [7, 11) is 0. The quantitative estimate of drug-likeness (QED) is 0.723. The summed E-state index contributed by atoms with van der Waals surface area (Å²) >= 11 is 6.76. The number of nitrogens with two attached hydrogens (primary N) is 1. The molecule has 0 spiro atoms. The standard InChI is InChI=1S/C15H14Br2N2O/c1-8-5-11(16)6-9(2)14(8)19-15(20)10-3-4-12(17)13(18)7-10/h3-7H,18H2,1-2H3,(H,19,20). The highest BCUT2D eigenvalue weighted by Gasteiger charge is 2.11. The first-order valence-electron chi connectivity index (χ1n) is 6.01. The van der Waals surface area contributed by atoms with Crippen molar-refractivity contribution in [3.8, 4) is 0 Å². The molecule has 0 heterocycles. The van der Waals surface area contributed by atoms with E-state index in [1.54, 1.807) is 18.2 Å². The van der Waals surface area contributed by atoms with Gasteiger partial charge in [-0.25, -0.2) is 0 Å². The van der Waals surface area contributed by atoms with Crippen molar-refractivity contribution in [2.75, 3.05) is 11.1 Å². The Hall–Kier alpha value is -1.33. The third-order valence-electron chi connectivity index (χ3n) is 2.99. The van der Waals surface area contributed by atoms with Gasteiger partial charge in [-0.05, 0) is 71.2 Å². The SMILES string of the molecule is Cc1cc(Br)cc(C)c1NC(=O)c1ccc(Br)c(N)c1. The van der Waals surface area contributed by atoms with Gasteiger partial charge in [0, 0.05) is 25.9 Å². The van der Waals surface area contributed by atoms with Gasteiger partial charge < -0.3 is 11.1 Å². The highest BCUT2D eigenvalue weighted by atomic mass is 79.9. The first-order chi connectivity index (χ1) is 9.38. The van der Waals surface area contributed by atoms with Gasteiger partial charge in [-0.3, -0.25) is 4.79 Å². The number of amides is 1. The monoisotopic (exact) mass is 396 g/mol. The first-order valence-corrected chi connectivity index (χ1v) is 7.60. The largest absolute Gasteiger partial charge is 0.398 e. The molecule has 0 fully saturated rings. The van der Waals surface area contributed by atoms with E-state index in [4.69, 9.17) is 5.73 Å². The topological polar surface area (TPSA) is 55.1 Å². The zero-order valence-electron chi connectivity index (χ0n) is 11.1. The average Bonchev–Trinajstić information content (AvgIpc) is 2.36. The summed E-state index contributed by atoms with van der Waals surface area (Å²) in [6.07, 6.45) is 0. The van der Waals surface area contributed by atoms with E-state index in [9.17, 15) is 4.79 Å². The number of anilines is 2. The van der Waals surface area contributed by atoms with Gasteiger partial charge >= 0.3 is 0 Å². The Morgan fingerprint density at radius 3 is 2.25 bits per heavy atom. The molecule has 20 heavy (non-hydrogen) atoms. The maximum Gasteiger partial charge on any atom is 0.255 e. The molecule has 0 saturated carbocycles. The first kappa shape index (κ1) is 15.1. The predicted octanol–water partition coefficient (Wildman–Crippen LogP) is 4.66. The highest BCUT2D eigenvalue weighted by molar-refractivity contribution is 9.10. The summed E-state index contributed by atoms with van der Waals surface area (Å²) in [5, 5.41) is 2.94. The summed E-state index contributed by atoms with van der Waals surface area (Å²) in [6.45, 7) is 3.92. The highest BCUT2D eigenvalue weighted by Crippen LogP contribution is 2.26. The van der Waals surface area contributed by atoms with Gasteiger partial charge in [-0.2, -0.15) is 0 Å². The van der Waals surface area contributed by atoms with Crippen LogP contribution in [0.5, 0.6) is 0 Å². The minimum absolute atomic E-state index is 0.169. The van der Waals surface area contributed by atoms with Crippen LogP contribution in [-0.4, -0.2) is 5.91 Å². The minimum atomic E-state index is -0.169. The molecule has 104 valence electrons. The van der Waals surface area contributed by atoms with Crippen LogP contribution < -0.4 is 11.1 Å². The van der Waals surface area contributed by atoms with Crippen LogP contribution in [0.15, 0.2) is 39.3 Å². The smallest absolute Gasteiger partial charge is 0.255 e. The molecule has 3 nitrogen and oxygen atoms in total. The molecule has 0 unspecified atom stereocenters. The molecule has 2 aromatic rings. The molecule has 0 aliphatic carbocycles. The molecule has 0 aromatic heterocycles. The minimum Gasteiger partial charge on any atom is -0.398 e. The molecule has 2 rings (SSSR count). The normalized spacial score (nSPS) is 10.4. The Kier molecular flexibility index (Phi) is 4.50. The number of benzene rings is 2. The molecule has 2 aromatic carbocycles. The third kappa shape index (κ3) is 3.22. The fourth-order valence-corrected chi connectivity index (χ4v) is 2.91. The van der Waals surface area contributed by atoms with Gasteiger partial charge in [0.1, 0.15) is 0 Å².